The summed E-state index contributed by atoms with van der Waals surface area (Å²) in [5, 5.41) is 5.10. The minimum Gasteiger partial charge on any atom is -0.362 e. The third-order valence-corrected chi connectivity index (χ3v) is 4.75. The Morgan fingerprint density at radius 3 is 3.00 bits per heavy atom. The normalized spacial score (nSPS) is 13.8. The second kappa shape index (κ2) is 6.76. The molecule has 0 unspecified atom stereocenters. The predicted octanol–water partition coefficient (Wildman–Crippen LogP) is 2.86. The van der Waals surface area contributed by atoms with Crippen LogP contribution in [0, 0.1) is 0 Å². The molecule has 1 amide bonds. The number of amides is 1. The molecule has 0 bridgehead atoms. The summed E-state index contributed by atoms with van der Waals surface area (Å²) in [7, 11) is 0. The zero-order valence-corrected chi connectivity index (χ0v) is 12.9. The second-order valence-electron chi connectivity index (χ2n) is 5.33. The van der Waals surface area contributed by atoms with Gasteiger partial charge in [0, 0.05) is 23.7 Å². The van der Waals surface area contributed by atoms with Gasteiger partial charge in [0.1, 0.15) is 0 Å². The molecule has 21 heavy (non-hydrogen) atoms. The minimum absolute atomic E-state index is 0.114. The van der Waals surface area contributed by atoms with Crippen molar-refractivity contribution in [1.82, 2.24) is 5.32 Å². The number of nitrogens with one attached hydrogen (secondary N) is 1. The number of fused-ring (bicyclic) bond motifs is 1. The number of hydrogen-bond donors (Lipinski definition) is 1. The molecule has 1 N–H and O–H groups in total. The number of thiophene rings is 1. The summed E-state index contributed by atoms with van der Waals surface area (Å²) in [4.78, 5) is 15.6. The molecule has 0 aliphatic carbocycles. The molecule has 1 aromatic heterocycles. The van der Waals surface area contributed by atoms with Crippen molar-refractivity contribution in [2.45, 2.75) is 19.3 Å². The highest BCUT2D eigenvalue weighted by molar-refractivity contribution is 7.09. The summed E-state index contributed by atoms with van der Waals surface area (Å²) >= 11 is 1.74. The first kappa shape index (κ1) is 14.1. The van der Waals surface area contributed by atoms with Crippen LogP contribution in [0.5, 0.6) is 0 Å². The van der Waals surface area contributed by atoms with E-state index in [-0.39, 0.29) is 5.91 Å². The molecule has 110 valence electrons. The van der Waals surface area contributed by atoms with Crippen molar-refractivity contribution in [2.75, 3.05) is 24.5 Å². The fraction of sp³-hybridized carbons (Fsp3) is 0.353. The number of benzene rings is 1. The number of anilines is 1. The van der Waals surface area contributed by atoms with Crippen molar-refractivity contribution in [2.24, 2.45) is 0 Å². The summed E-state index contributed by atoms with van der Waals surface area (Å²) < 4.78 is 0. The smallest absolute Gasteiger partial charge is 0.239 e. The molecule has 0 spiro atoms. The van der Waals surface area contributed by atoms with Crippen LogP contribution in [0.3, 0.4) is 0 Å². The van der Waals surface area contributed by atoms with Crippen LogP contribution < -0.4 is 10.2 Å². The molecule has 0 fully saturated rings. The lowest BCUT2D eigenvalue weighted by molar-refractivity contribution is -0.119. The Balaban J connectivity index is 1.51. The molecule has 4 heteroatoms. The highest BCUT2D eigenvalue weighted by Gasteiger charge is 2.18. The van der Waals surface area contributed by atoms with E-state index in [2.05, 4.69) is 39.9 Å². The van der Waals surface area contributed by atoms with Crippen molar-refractivity contribution >= 4 is 22.9 Å². The van der Waals surface area contributed by atoms with Crippen molar-refractivity contribution in [3.05, 3.63) is 52.2 Å². The van der Waals surface area contributed by atoms with Crippen LogP contribution in [0.4, 0.5) is 5.69 Å². The summed E-state index contributed by atoms with van der Waals surface area (Å²) in [6, 6.07) is 12.6. The third kappa shape index (κ3) is 3.64. The number of carbonyl (C=O) groups excluding carboxylic acids is 1. The van der Waals surface area contributed by atoms with E-state index in [1.807, 2.05) is 12.1 Å². The zero-order chi connectivity index (χ0) is 14.5. The van der Waals surface area contributed by atoms with E-state index >= 15 is 0 Å². The van der Waals surface area contributed by atoms with Crippen molar-refractivity contribution < 1.29 is 4.79 Å². The topological polar surface area (TPSA) is 32.3 Å². The van der Waals surface area contributed by atoms with Gasteiger partial charge >= 0.3 is 0 Å². The Bertz CT molecular complexity index is 595. The largest absolute Gasteiger partial charge is 0.362 e. The van der Waals surface area contributed by atoms with E-state index in [0.29, 0.717) is 6.54 Å². The molecule has 0 saturated carbocycles. The van der Waals surface area contributed by atoms with Gasteiger partial charge in [-0.3, -0.25) is 4.79 Å². The van der Waals surface area contributed by atoms with E-state index in [9.17, 15) is 4.79 Å². The van der Waals surface area contributed by atoms with Crippen molar-refractivity contribution in [1.29, 1.82) is 0 Å². The highest BCUT2D eigenvalue weighted by Crippen LogP contribution is 2.26. The highest BCUT2D eigenvalue weighted by atomic mass is 32.1. The average molecular weight is 300 g/mol. The molecular formula is C17H20N2OS. The summed E-state index contributed by atoms with van der Waals surface area (Å²) in [5.74, 6) is 0.114. The van der Waals surface area contributed by atoms with Crippen LogP contribution in [0.2, 0.25) is 0 Å². The molecule has 3 rings (SSSR count). The molecule has 3 nitrogen and oxygen atoms in total. The Hall–Kier alpha value is -1.81. The molecule has 2 heterocycles. The number of hydrogen-bond acceptors (Lipinski definition) is 3. The molecule has 0 atom stereocenters. The van der Waals surface area contributed by atoms with Gasteiger partial charge in [-0.2, -0.15) is 0 Å². The van der Waals surface area contributed by atoms with Gasteiger partial charge in [0.15, 0.2) is 0 Å². The lowest BCUT2D eigenvalue weighted by Crippen LogP contribution is -2.40. The maximum absolute atomic E-state index is 12.1. The monoisotopic (exact) mass is 300 g/mol. The Labute approximate surface area is 129 Å². The first-order chi connectivity index (χ1) is 10.3. The van der Waals surface area contributed by atoms with Gasteiger partial charge in [-0.05, 0) is 42.3 Å². The summed E-state index contributed by atoms with van der Waals surface area (Å²) in [6.45, 7) is 2.14. The van der Waals surface area contributed by atoms with Crippen LogP contribution in [0.15, 0.2) is 41.8 Å². The fourth-order valence-electron chi connectivity index (χ4n) is 2.78. The van der Waals surface area contributed by atoms with Gasteiger partial charge in [-0.25, -0.2) is 0 Å². The van der Waals surface area contributed by atoms with Crippen LogP contribution in [-0.2, 0) is 17.6 Å². The zero-order valence-electron chi connectivity index (χ0n) is 12.0. The average Bonchev–Trinajstić information content (AvgIpc) is 3.01. The van der Waals surface area contributed by atoms with E-state index in [1.54, 1.807) is 11.3 Å². The van der Waals surface area contributed by atoms with Gasteiger partial charge in [0.25, 0.3) is 0 Å². The first-order valence-electron chi connectivity index (χ1n) is 7.45. The number of nitrogens with zero attached hydrogens (tertiary/aromatic N) is 1. The van der Waals surface area contributed by atoms with Gasteiger partial charge < -0.3 is 10.2 Å². The fourth-order valence-corrected chi connectivity index (χ4v) is 3.49. The summed E-state index contributed by atoms with van der Waals surface area (Å²) in [5.41, 5.74) is 2.58. The predicted molar refractivity (Wildman–Crippen MR) is 88.0 cm³/mol. The van der Waals surface area contributed by atoms with Gasteiger partial charge in [-0.1, -0.05) is 24.3 Å². The molecule has 1 aliphatic heterocycles. The van der Waals surface area contributed by atoms with Crippen LogP contribution in [0.25, 0.3) is 0 Å². The van der Waals surface area contributed by atoms with Crippen LogP contribution in [0.1, 0.15) is 16.9 Å². The number of rotatable bonds is 5. The standard InChI is InChI=1S/C17H20N2OS/c20-17(18-10-9-15-7-4-12-21-15)13-19-11-3-6-14-5-1-2-8-16(14)19/h1-2,4-5,7-8,12H,3,6,9-11,13H2,(H,18,20). The van der Waals surface area contributed by atoms with Gasteiger partial charge in [0.05, 0.1) is 6.54 Å². The van der Waals surface area contributed by atoms with E-state index in [0.717, 1.165) is 32.4 Å². The lowest BCUT2D eigenvalue weighted by Gasteiger charge is -2.30. The third-order valence-electron chi connectivity index (χ3n) is 3.81. The van der Waals surface area contributed by atoms with E-state index in [4.69, 9.17) is 0 Å². The SMILES string of the molecule is O=C(CN1CCCc2ccccc21)NCCc1cccs1. The Kier molecular flexibility index (Phi) is 4.55. The molecule has 1 aromatic carbocycles. The van der Waals surface area contributed by atoms with Crippen molar-refractivity contribution in [3.63, 3.8) is 0 Å². The van der Waals surface area contributed by atoms with Gasteiger partial charge in [0.2, 0.25) is 5.91 Å². The first-order valence-corrected chi connectivity index (χ1v) is 8.33. The molecular weight excluding hydrogens is 280 g/mol. The van der Waals surface area contributed by atoms with E-state index in [1.165, 1.54) is 16.1 Å². The number of carbonyl (C=O) groups is 1. The maximum atomic E-state index is 12.1. The van der Waals surface area contributed by atoms with Gasteiger partial charge in [-0.15, -0.1) is 11.3 Å². The molecule has 0 saturated heterocycles. The van der Waals surface area contributed by atoms with Crippen molar-refractivity contribution in [3.8, 4) is 0 Å². The summed E-state index contributed by atoms with van der Waals surface area (Å²) in [6.07, 6.45) is 3.16. The van der Waals surface area contributed by atoms with E-state index < -0.39 is 0 Å². The maximum Gasteiger partial charge on any atom is 0.239 e. The Morgan fingerprint density at radius 2 is 2.14 bits per heavy atom. The second-order valence-corrected chi connectivity index (χ2v) is 6.37. The van der Waals surface area contributed by atoms with Crippen LogP contribution in [-0.4, -0.2) is 25.5 Å². The molecule has 2 aromatic rings. The minimum atomic E-state index is 0.114. The molecule has 0 radical (unpaired) electrons. The number of aryl methyl sites for hydroxylation is 1. The van der Waals surface area contributed by atoms with Crippen LogP contribution >= 0.6 is 11.3 Å². The Morgan fingerprint density at radius 1 is 1.24 bits per heavy atom. The molecule has 1 aliphatic rings. The quantitative estimate of drug-likeness (QED) is 0.921. The number of para-hydroxylation sites is 1. The lowest BCUT2D eigenvalue weighted by atomic mass is 10.0.